The summed E-state index contributed by atoms with van der Waals surface area (Å²) >= 11 is 6.08. The lowest BCUT2D eigenvalue weighted by molar-refractivity contribution is 0.202. The number of benzene rings is 1. The number of aryl methyl sites for hydroxylation is 2. The molecule has 0 aliphatic heterocycles. The van der Waals surface area contributed by atoms with Gasteiger partial charge in [0, 0.05) is 29.2 Å². The van der Waals surface area contributed by atoms with Gasteiger partial charge in [-0.25, -0.2) is 4.79 Å². The number of rotatable bonds is 8. The van der Waals surface area contributed by atoms with Crippen molar-refractivity contribution in [2.45, 2.75) is 39.7 Å². The molecule has 2 aromatic heterocycles. The number of fused-ring (bicyclic) bond motifs is 1. The molecule has 0 saturated carbocycles. The van der Waals surface area contributed by atoms with E-state index >= 15 is 0 Å². The van der Waals surface area contributed by atoms with Gasteiger partial charge < -0.3 is 14.1 Å². The second-order valence-corrected chi connectivity index (χ2v) is 9.22. The summed E-state index contributed by atoms with van der Waals surface area (Å²) < 4.78 is 32.1. The Balaban J connectivity index is 1.78. The number of hydrogen-bond donors (Lipinski definition) is 1. The minimum atomic E-state index is -3.90. The maximum atomic E-state index is 12.1. The highest BCUT2D eigenvalue weighted by atomic mass is 35.5. The monoisotopic (exact) mass is 452 g/mol. The fourth-order valence-electron chi connectivity index (χ4n) is 3.37. The van der Waals surface area contributed by atoms with Crippen LogP contribution in [0, 0.1) is 6.92 Å². The van der Waals surface area contributed by atoms with Crippen LogP contribution in [0.3, 0.4) is 0 Å². The topological polar surface area (TPSA) is 95.2 Å². The van der Waals surface area contributed by atoms with Crippen LogP contribution >= 0.6 is 11.6 Å². The minimum Gasteiger partial charge on any atom is -0.328 e. The Bertz CT molecular complexity index is 1170. The molecule has 0 fully saturated rings. The first-order valence-electron chi connectivity index (χ1n) is 9.71. The smallest absolute Gasteiger partial charge is 0.328 e. The zero-order valence-corrected chi connectivity index (χ0v) is 18.8. The normalized spacial score (nSPS) is 11.7. The van der Waals surface area contributed by atoms with Crippen LogP contribution < -0.4 is 5.32 Å². The van der Waals surface area contributed by atoms with Crippen molar-refractivity contribution in [1.82, 2.24) is 19.7 Å². The lowest BCUT2D eigenvalue weighted by Crippen LogP contribution is -2.28. The number of aromatic nitrogens is 3. The van der Waals surface area contributed by atoms with Crippen molar-refractivity contribution >= 4 is 38.7 Å². The maximum absolute atomic E-state index is 12.1. The van der Waals surface area contributed by atoms with E-state index in [9.17, 15) is 13.2 Å². The summed E-state index contributed by atoms with van der Waals surface area (Å²) in [4.78, 5) is 12.1. The van der Waals surface area contributed by atoms with Gasteiger partial charge in [-0.05, 0) is 37.6 Å². The van der Waals surface area contributed by atoms with Crippen molar-refractivity contribution in [3.8, 4) is 5.82 Å². The molecule has 30 heavy (non-hydrogen) atoms. The summed E-state index contributed by atoms with van der Waals surface area (Å²) in [6.07, 6.45) is 3.01. The molecule has 1 N–H and O–H groups in total. The Kier molecular flexibility index (Phi) is 6.72. The number of carbonyl (C=O) groups is 1. The Morgan fingerprint density at radius 3 is 2.77 bits per heavy atom. The van der Waals surface area contributed by atoms with Crippen molar-refractivity contribution in [3.63, 3.8) is 0 Å². The van der Waals surface area contributed by atoms with Crippen LogP contribution in [0.15, 0.2) is 30.5 Å². The molecular formula is C20H25ClN4O4S. The lowest BCUT2D eigenvalue weighted by Gasteiger charge is -2.11. The van der Waals surface area contributed by atoms with Gasteiger partial charge in [-0.1, -0.05) is 31.4 Å². The summed E-state index contributed by atoms with van der Waals surface area (Å²) in [5, 5.41) is 8.60. The molecule has 1 aromatic carbocycles. The molecule has 8 nitrogen and oxygen atoms in total. The van der Waals surface area contributed by atoms with Crippen LogP contribution in [0.5, 0.6) is 0 Å². The van der Waals surface area contributed by atoms with Crippen LogP contribution in [0.1, 0.15) is 37.4 Å². The number of unbranched alkanes of at least 4 members (excludes halogenated alkanes) is 2. The average molecular weight is 453 g/mol. The van der Waals surface area contributed by atoms with Crippen LogP contribution in [0.4, 0.5) is 4.79 Å². The fraction of sp³-hybridized carbons (Fsp3) is 0.400. The summed E-state index contributed by atoms with van der Waals surface area (Å²) in [6.45, 7) is 3.87. The highest BCUT2D eigenvalue weighted by molar-refractivity contribution is 7.87. The molecule has 0 saturated heterocycles. The molecule has 0 aliphatic carbocycles. The molecule has 0 atom stereocenters. The molecule has 0 aliphatic rings. The molecule has 10 heteroatoms. The SMILES string of the molecule is CCCCCS(=O)(=O)OC(=O)NCc1c(C)nn(C)c1-n1ccc2cc(Cl)ccc21. The molecule has 3 aromatic rings. The van der Waals surface area contributed by atoms with Gasteiger partial charge in [-0.2, -0.15) is 13.5 Å². The van der Waals surface area contributed by atoms with Gasteiger partial charge in [0.25, 0.3) is 0 Å². The van der Waals surface area contributed by atoms with Gasteiger partial charge in [-0.15, -0.1) is 0 Å². The van der Waals surface area contributed by atoms with E-state index in [1.54, 1.807) is 4.68 Å². The predicted molar refractivity (Wildman–Crippen MR) is 116 cm³/mol. The molecule has 0 bridgehead atoms. The van der Waals surface area contributed by atoms with Gasteiger partial charge in [0.05, 0.1) is 23.5 Å². The van der Waals surface area contributed by atoms with Gasteiger partial charge in [0.15, 0.2) is 0 Å². The fourth-order valence-corrected chi connectivity index (χ4v) is 4.48. The summed E-state index contributed by atoms with van der Waals surface area (Å²) in [5.41, 5.74) is 2.41. The third kappa shape index (κ3) is 4.96. The first-order chi connectivity index (χ1) is 14.2. The van der Waals surface area contributed by atoms with Gasteiger partial charge in [0.2, 0.25) is 0 Å². The predicted octanol–water partition coefficient (Wildman–Crippen LogP) is 4.07. The largest absolute Gasteiger partial charge is 0.423 e. The molecule has 0 radical (unpaired) electrons. The van der Waals surface area contributed by atoms with E-state index in [2.05, 4.69) is 14.6 Å². The first-order valence-corrected chi connectivity index (χ1v) is 11.7. The zero-order valence-electron chi connectivity index (χ0n) is 17.2. The number of halogens is 1. The second-order valence-electron chi connectivity index (χ2n) is 7.09. The van der Waals surface area contributed by atoms with Crippen molar-refractivity contribution in [2.75, 3.05) is 5.75 Å². The number of nitrogens with zero attached hydrogens (tertiary/aromatic N) is 3. The molecule has 3 rings (SSSR count). The summed E-state index contributed by atoms with van der Waals surface area (Å²) in [6, 6.07) is 7.53. The van der Waals surface area contributed by atoms with Crippen molar-refractivity contribution in [3.05, 3.63) is 46.7 Å². The van der Waals surface area contributed by atoms with E-state index < -0.39 is 16.2 Å². The maximum Gasteiger partial charge on any atom is 0.423 e. The standard InChI is InChI=1S/C20H25ClN4O4S/c1-4-5-6-11-30(27,28)29-20(26)22-13-17-14(2)23-24(3)19(17)25-10-9-15-12-16(21)7-8-18(15)25/h7-10,12H,4-6,11,13H2,1-3H3,(H,22,26). The van der Waals surface area contributed by atoms with Crippen molar-refractivity contribution in [2.24, 2.45) is 7.05 Å². The molecule has 0 unspecified atom stereocenters. The van der Waals surface area contributed by atoms with Crippen LogP contribution in [-0.2, 0) is 27.9 Å². The minimum absolute atomic E-state index is 0.0750. The molecule has 0 spiro atoms. The van der Waals surface area contributed by atoms with E-state index in [1.165, 1.54) is 0 Å². The lowest BCUT2D eigenvalue weighted by atomic mass is 10.2. The quantitative estimate of drug-likeness (QED) is 0.410. The van der Waals surface area contributed by atoms with Crippen molar-refractivity contribution in [1.29, 1.82) is 0 Å². The molecule has 2 heterocycles. The van der Waals surface area contributed by atoms with Crippen LogP contribution in [0.25, 0.3) is 16.7 Å². The Hall–Kier alpha value is -2.52. The van der Waals surface area contributed by atoms with E-state index in [4.69, 9.17) is 11.6 Å². The van der Waals surface area contributed by atoms with Gasteiger partial charge in [0.1, 0.15) is 5.82 Å². The molecule has 1 amide bonds. The third-order valence-electron chi connectivity index (χ3n) is 4.80. The highest BCUT2D eigenvalue weighted by Gasteiger charge is 2.20. The number of carbonyl (C=O) groups excluding carboxylic acids is 1. The highest BCUT2D eigenvalue weighted by Crippen LogP contribution is 2.26. The number of amides is 1. The summed E-state index contributed by atoms with van der Waals surface area (Å²) in [5.74, 6) is 0.583. The Labute approximate surface area is 180 Å². The summed E-state index contributed by atoms with van der Waals surface area (Å²) in [7, 11) is -2.09. The third-order valence-corrected chi connectivity index (χ3v) is 6.23. The Morgan fingerprint density at radius 1 is 1.27 bits per heavy atom. The second kappa shape index (κ2) is 9.09. The van der Waals surface area contributed by atoms with E-state index in [0.717, 1.165) is 40.8 Å². The van der Waals surface area contributed by atoms with E-state index in [-0.39, 0.29) is 12.3 Å². The van der Waals surface area contributed by atoms with Crippen LogP contribution in [-0.4, -0.2) is 34.6 Å². The van der Waals surface area contributed by atoms with E-state index in [1.807, 2.05) is 55.9 Å². The van der Waals surface area contributed by atoms with E-state index in [0.29, 0.717) is 11.4 Å². The average Bonchev–Trinajstić information content (AvgIpc) is 3.18. The molecule has 162 valence electrons. The van der Waals surface area contributed by atoms with Gasteiger partial charge >= 0.3 is 16.2 Å². The Morgan fingerprint density at radius 2 is 2.03 bits per heavy atom. The zero-order chi connectivity index (χ0) is 21.9. The van der Waals surface area contributed by atoms with Crippen molar-refractivity contribution < 1.29 is 17.4 Å². The first kappa shape index (κ1) is 22.2. The van der Waals surface area contributed by atoms with Crippen LogP contribution in [0.2, 0.25) is 5.02 Å². The number of nitrogens with one attached hydrogen (secondary N) is 1. The van der Waals surface area contributed by atoms with Gasteiger partial charge in [-0.3, -0.25) is 4.68 Å². The number of hydrogen-bond acceptors (Lipinski definition) is 5. The molecular weight excluding hydrogens is 428 g/mol.